The summed E-state index contributed by atoms with van der Waals surface area (Å²) in [6, 6.07) is 16.3. The van der Waals surface area contributed by atoms with Crippen molar-refractivity contribution in [2.75, 3.05) is 6.61 Å². The Kier molecular flexibility index (Phi) is 8.64. The van der Waals surface area contributed by atoms with Gasteiger partial charge >= 0.3 is 0 Å². The van der Waals surface area contributed by atoms with Gasteiger partial charge in [-0.1, -0.05) is 72.8 Å². The van der Waals surface area contributed by atoms with Crippen molar-refractivity contribution >= 4 is 6.08 Å². The fourth-order valence-corrected chi connectivity index (χ4v) is 4.24. The van der Waals surface area contributed by atoms with E-state index in [1.165, 1.54) is 18.2 Å². The van der Waals surface area contributed by atoms with Gasteiger partial charge in [0.05, 0.1) is 12.7 Å². The second kappa shape index (κ2) is 12.1. The number of halogens is 4. The summed E-state index contributed by atoms with van der Waals surface area (Å²) < 4.78 is 64.0. The van der Waals surface area contributed by atoms with E-state index in [1.807, 2.05) is 0 Å². The maximum atomic E-state index is 14.9. The standard InChI is InChI=1S/C32H28F4O2/c1-3-4-19-38-28-18-17-27(31(35)32(28)36)23-8-5-21(6-9-23)7-10-25-15-16-26(30(34)29(25)33)24-13-11-22(12-14-24)20(2)37/h3,5-15,17-18,20,26,37H,1,4,16,19H2,2H3/b10-7+. The third-order valence-electron chi connectivity index (χ3n) is 6.47. The van der Waals surface area contributed by atoms with Crippen LogP contribution in [0.4, 0.5) is 17.6 Å². The minimum atomic E-state index is -1.05. The lowest BCUT2D eigenvalue weighted by molar-refractivity contribution is 0.199. The molecule has 0 amide bonds. The van der Waals surface area contributed by atoms with Crippen LogP contribution in [0.15, 0.2) is 103 Å². The van der Waals surface area contributed by atoms with Crippen molar-refractivity contribution in [3.63, 3.8) is 0 Å². The average Bonchev–Trinajstić information content (AvgIpc) is 2.92. The van der Waals surface area contributed by atoms with Crippen molar-refractivity contribution < 1.29 is 27.4 Å². The molecule has 2 nitrogen and oxygen atoms in total. The van der Waals surface area contributed by atoms with E-state index in [-0.39, 0.29) is 23.5 Å². The molecule has 0 aromatic heterocycles. The van der Waals surface area contributed by atoms with Crippen molar-refractivity contribution in [2.45, 2.75) is 31.8 Å². The predicted molar refractivity (Wildman–Crippen MR) is 143 cm³/mol. The molecule has 0 saturated heterocycles. The van der Waals surface area contributed by atoms with Gasteiger partial charge in [-0.2, -0.15) is 4.39 Å². The van der Waals surface area contributed by atoms with Crippen molar-refractivity contribution in [3.05, 3.63) is 131 Å². The number of aliphatic hydroxyl groups is 1. The van der Waals surface area contributed by atoms with E-state index in [0.29, 0.717) is 35.1 Å². The molecule has 0 saturated carbocycles. The van der Waals surface area contributed by atoms with Gasteiger partial charge in [-0.25, -0.2) is 13.2 Å². The minimum Gasteiger partial charge on any atom is -0.490 e. The monoisotopic (exact) mass is 520 g/mol. The van der Waals surface area contributed by atoms with E-state index in [2.05, 4.69) is 6.58 Å². The highest BCUT2D eigenvalue weighted by Crippen LogP contribution is 2.39. The summed E-state index contributed by atoms with van der Waals surface area (Å²) in [6.07, 6.45) is 6.57. The first-order valence-electron chi connectivity index (χ1n) is 12.3. The Morgan fingerprint density at radius 3 is 2.32 bits per heavy atom. The van der Waals surface area contributed by atoms with Gasteiger partial charge in [0, 0.05) is 17.1 Å². The van der Waals surface area contributed by atoms with Crippen LogP contribution in [0.3, 0.4) is 0 Å². The van der Waals surface area contributed by atoms with Crippen LogP contribution < -0.4 is 4.74 Å². The summed E-state index contributed by atoms with van der Waals surface area (Å²) in [4.78, 5) is 0. The number of hydrogen-bond donors (Lipinski definition) is 1. The molecule has 0 bridgehead atoms. The molecule has 1 aliphatic carbocycles. The average molecular weight is 521 g/mol. The smallest absolute Gasteiger partial charge is 0.201 e. The van der Waals surface area contributed by atoms with E-state index in [4.69, 9.17) is 4.74 Å². The number of benzene rings is 3. The lowest BCUT2D eigenvalue weighted by Gasteiger charge is -2.20. The predicted octanol–water partition coefficient (Wildman–Crippen LogP) is 8.92. The molecular formula is C32H28F4O2. The molecule has 0 fully saturated rings. The van der Waals surface area contributed by atoms with Gasteiger partial charge in [0.1, 0.15) is 5.83 Å². The number of hydrogen-bond acceptors (Lipinski definition) is 2. The van der Waals surface area contributed by atoms with Crippen LogP contribution in [-0.4, -0.2) is 11.7 Å². The zero-order valence-corrected chi connectivity index (χ0v) is 20.9. The maximum Gasteiger partial charge on any atom is 0.201 e. The molecule has 0 radical (unpaired) electrons. The molecule has 3 aromatic carbocycles. The molecule has 0 spiro atoms. The molecule has 196 valence electrons. The summed E-state index contributed by atoms with van der Waals surface area (Å²) in [6.45, 7) is 5.40. The normalized spacial score (nSPS) is 16.5. The molecule has 3 aromatic rings. The molecule has 4 rings (SSSR count). The van der Waals surface area contributed by atoms with Gasteiger partial charge in [-0.15, -0.1) is 6.58 Å². The van der Waals surface area contributed by atoms with E-state index in [9.17, 15) is 22.7 Å². The van der Waals surface area contributed by atoms with Crippen molar-refractivity contribution in [1.29, 1.82) is 0 Å². The van der Waals surface area contributed by atoms with E-state index < -0.39 is 35.3 Å². The maximum absolute atomic E-state index is 14.9. The lowest BCUT2D eigenvalue weighted by Crippen LogP contribution is -2.06. The van der Waals surface area contributed by atoms with Crippen molar-refractivity contribution in [2.24, 2.45) is 0 Å². The lowest BCUT2D eigenvalue weighted by atomic mass is 9.87. The number of ether oxygens (including phenoxy) is 1. The Labute approximate surface area is 219 Å². The highest BCUT2D eigenvalue weighted by atomic mass is 19.2. The van der Waals surface area contributed by atoms with E-state index >= 15 is 0 Å². The largest absolute Gasteiger partial charge is 0.490 e. The zero-order valence-electron chi connectivity index (χ0n) is 20.9. The zero-order chi connectivity index (χ0) is 27.2. The van der Waals surface area contributed by atoms with Crippen molar-refractivity contribution in [3.8, 4) is 16.9 Å². The second-order valence-electron chi connectivity index (χ2n) is 9.07. The summed E-state index contributed by atoms with van der Waals surface area (Å²) in [5, 5.41) is 9.65. The van der Waals surface area contributed by atoms with Crippen molar-refractivity contribution in [1.82, 2.24) is 0 Å². The highest BCUT2D eigenvalue weighted by Gasteiger charge is 2.26. The SMILES string of the molecule is C=CCCOc1ccc(-c2ccc(/C=C/C3=CCC(c4ccc(C(C)O)cc4)C(F)=C3F)cc2)c(F)c1F. The van der Waals surface area contributed by atoms with Crippen LogP contribution in [0.1, 0.15) is 48.5 Å². The van der Waals surface area contributed by atoms with Crippen LogP contribution in [0.2, 0.25) is 0 Å². The fourth-order valence-electron chi connectivity index (χ4n) is 4.24. The van der Waals surface area contributed by atoms with Crippen LogP contribution in [-0.2, 0) is 0 Å². The Morgan fingerprint density at radius 2 is 1.66 bits per heavy atom. The van der Waals surface area contributed by atoms with Crippen LogP contribution in [0.25, 0.3) is 17.2 Å². The molecular weight excluding hydrogens is 492 g/mol. The molecule has 1 aliphatic rings. The minimum absolute atomic E-state index is 0.0904. The van der Waals surface area contributed by atoms with Gasteiger partial charge in [0.25, 0.3) is 0 Å². The number of allylic oxidation sites excluding steroid dienone is 5. The fraction of sp³-hybridized carbons (Fsp3) is 0.188. The second-order valence-corrected chi connectivity index (χ2v) is 9.07. The quantitative estimate of drug-likeness (QED) is 0.173. The first-order valence-corrected chi connectivity index (χ1v) is 12.3. The molecule has 2 atom stereocenters. The van der Waals surface area contributed by atoms with E-state index in [1.54, 1.807) is 73.7 Å². The molecule has 38 heavy (non-hydrogen) atoms. The summed E-state index contributed by atoms with van der Waals surface area (Å²) in [5.74, 6) is -4.68. The number of aliphatic hydroxyl groups excluding tert-OH is 1. The Balaban J connectivity index is 1.46. The van der Waals surface area contributed by atoms with Gasteiger partial charge in [0.2, 0.25) is 5.82 Å². The van der Waals surface area contributed by atoms with Gasteiger partial charge < -0.3 is 9.84 Å². The summed E-state index contributed by atoms with van der Waals surface area (Å²) in [7, 11) is 0. The van der Waals surface area contributed by atoms with Gasteiger partial charge in [-0.05, 0) is 54.2 Å². The van der Waals surface area contributed by atoms with E-state index in [0.717, 1.165) is 0 Å². The molecule has 0 aliphatic heterocycles. The first kappa shape index (κ1) is 27.1. The van der Waals surface area contributed by atoms with Crippen LogP contribution in [0.5, 0.6) is 5.75 Å². The van der Waals surface area contributed by atoms with Gasteiger partial charge in [0.15, 0.2) is 17.4 Å². The molecule has 0 heterocycles. The van der Waals surface area contributed by atoms with Crippen LogP contribution in [0, 0.1) is 11.6 Å². The van der Waals surface area contributed by atoms with Gasteiger partial charge in [-0.3, -0.25) is 0 Å². The topological polar surface area (TPSA) is 29.5 Å². The third kappa shape index (κ3) is 5.97. The summed E-state index contributed by atoms with van der Waals surface area (Å²) >= 11 is 0. The number of rotatable bonds is 9. The Hall–Kier alpha value is -3.90. The molecule has 2 unspecified atom stereocenters. The summed E-state index contributed by atoms with van der Waals surface area (Å²) in [5.41, 5.74) is 2.73. The third-order valence-corrected chi connectivity index (χ3v) is 6.47. The Bertz CT molecular complexity index is 1380. The Morgan fingerprint density at radius 1 is 0.947 bits per heavy atom. The highest BCUT2D eigenvalue weighted by molar-refractivity contribution is 5.68. The molecule has 6 heteroatoms. The first-order chi connectivity index (χ1) is 18.3. The van der Waals surface area contributed by atoms with Crippen LogP contribution >= 0.6 is 0 Å². The molecule has 1 N–H and O–H groups in total.